The molecule has 0 fully saturated rings. The fourth-order valence-corrected chi connectivity index (χ4v) is 2.39. The van der Waals surface area contributed by atoms with Crippen LogP contribution in [0.25, 0.3) is 22.8 Å². The van der Waals surface area contributed by atoms with Gasteiger partial charge in [0, 0.05) is 22.4 Å². The predicted octanol–water partition coefficient (Wildman–Crippen LogP) is 2.07. The third kappa shape index (κ3) is 3.13. The van der Waals surface area contributed by atoms with Gasteiger partial charge in [-0.2, -0.15) is 5.10 Å². The normalized spacial score (nSPS) is 10.6. The summed E-state index contributed by atoms with van der Waals surface area (Å²) in [6, 6.07) is 13.9. The highest BCUT2D eigenvalue weighted by Crippen LogP contribution is 2.19. The number of hydrogen-bond acceptors (Lipinski definition) is 6. The van der Waals surface area contributed by atoms with Crippen molar-refractivity contribution in [1.82, 2.24) is 25.3 Å². The Morgan fingerprint density at radius 3 is 2.27 bits per heavy atom. The fraction of sp³-hybridized carbons (Fsp3) is 0. The minimum absolute atomic E-state index is 0.252. The Kier molecular flexibility index (Phi) is 3.86. The summed E-state index contributed by atoms with van der Waals surface area (Å²) >= 11 is 0. The maximum absolute atomic E-state index is 12.3. The van der Waals surface area contributed by atoms with E-state index in [0.717, 1.165) is 5.56 Å². The highest BCUT2D eigenvalue weighted by molar-refractivity contribution is 6.04. The van der Waals surface area contributed by atoms with Crippen molar-refractivity contribution in [2.24, 2.45) is 0 Å². The molecular formula is C17H12N6O3. The van der Waals surface area contributed by atoms with Gasteiger partial charge in [-0.05, 0) is 36.4 Å². The molecule has 9 heteroatoms. The van der Waals surface area contributed by atoms with Crippen LogP contribution in [0.2, 0.25) is 0 Å². The molecule has 1 amide bonds. The quantitative estimate of drug-likeness (QED) is 0.518. The van der Waals surface area contributed by atoms with Gasteiger partial charge in [0.15, 0.2) is 11.6 Å². The second-order valence-electron chi connectivity index (χ2n) is 5.39. The van der Waals surface area contributed by atoms with Crippen molar-refractivity contribution in [2.75, 3.05) is 5.32 Å². The van der Waals surface area contributed by atoms with Crippen molar-refractivity contribution in [3.63, 3.8) is 0 Å². The number of aromatic nitrogens is 5. The van der Waals surface area contributed by atoms with Crippen molar-refractivity contribution < 1.29 is 9.32 Å². The summed E-state index contributed by atoms with van der Waals surface area (Å²) in [6.45, 7) is 0. The van der Waals surface area contributed by atoms with Crippen LogP contribution in [0.1, 0.15) is 10.4 Å². The van der Waals surface area contributed by atoms with Crippen LogP contribution in [0.5, 0.6) is 0 Å². The van der Waals surface area contributed by atoms with Gasteiger partial charge in [0.05, 0.1) is 0 Å². The summed E-state index contributed by atoms with van der Waals surface area (Å²) in [5, 5.41) is 13.0. The lowest BCUT2D eigenvalue weighted by Gasteiger charge is -2.06. The van der Waals surface area contributed by atoms with Gasteiger partial charge in [-0.1, -0.05) is 17.3 Å². The topological polar surface area (TPSA) is 130 Å². The van der Waals surface area contributed by atoms with Gasteiger partial charge in [0.2, 0.25) is 0 Å². The maximum Gasteiger partial charge on any atom is 0.439 e. The zero-order valence-electron chi connectivity index (χ0n) is 13.3. The molecule has 0 bridgehead atoms. The molecule has 0 saturated heterocycles. The maximum atomic E-state index is 12.3. The highest BCUT2D eigenvalue weighted by Gasteiger charge is 2.09. The Bertz CT molecular complexity index is 1080. The number of anilines is 1. The number of nitrogens with zero attached hydrogens (tertiary/aromatic N) is 3. The van der Waals surface area contributed by atoms with Crippen molar-refractivity contribution in [1.29, 1.82) is 0 Å². The first-order valence-corrected chi connectivity index (χ1v) is 7.62. The fourth-order valence-electron chi connectivity index (χ4n) is 2.39. The van der Waals surface area contributed by atoms with E-state index in [-0.39, 0.29) is 5.91 Å². The summed E-state index contributed by atoms with van der Waals surface area (Å²) in [7, 11) is 0. The van der Waals surface area contributed by atoms with Gasteiger partial charge in [-0.3, -0.25) is 19.4 Å². The van der Waals surface area contributed by atoms with E-state index in [1.54, 1.807) is 36.4 Å². The van der Waals surface area contributed by atoms with Crippen molar-refractivity contribution >= 4 is 11.6 Å². The minimum Gasteiger partial charge on any atom is -0.322 e. The Labute approximate surface area is 146 Å². The van der Waals surface area contributed by atoms with Gasteiger partial charge in [0.1, 0.15) is 6.33 Å². The Hall–Kier alpha value is -4.01. The molecule has 0 aliphatic rings. The lowest BCUT2D eigenvalue weighted by atomic mass is 10.1. The minimum atomic E-state index is -0.629. The molecule has 2 aromatic carbocycles. The summed E-state index contributed by atoms with van der Waals surface area (Å²) < 4.78 is 4.46. The summed E-state index contributed by atoms with van der Waals surface area (Å²) in [5.74, 6) is 0.0857. The number of hydrogen-bond donors (Lipinski definition) is 3. The molecule has 0 saturated carbocycles. The number of aromatic amines is 2. The molecule has 128 valence electrons. The average molecular weight is 348 g/mol. The molecule has 2 aromatic heterocycles. The van der Waals surface area contributed by atoms with Gasteiger partial charge >= 0.3 is 5.76 Å². The van der Waals surface area contributed by atoms with E-state index in [4.69, 9.17) is 0 Å². The van der Waals surface area contributed by atoms with E-state index in [0.29, 0.717) is 28.5 Å². The monoisotopic (exact) mass is 348 g/mol. The number of carbonyl (C=O) groups excluding carboxylic acids is 1. The Balaban J connectivity index is 1.47. The molecule has 0 radical (unpaired) electrons. The second-order valence-corrected chi connectivity index (χ2v) is 5.39. The number of amides is 1. The van der Waals surface area contributed by atoms with Crippen LogP contribution in [0.4, 0.5) is 5.69 Å². The summed E-state index contributed by atoms with van der Waals surface area (Å²) in [4.78, 5) is 29.9. The van der Waals surface area contributed by atoms with E-state index in [9.17, 15) is 9.59 Å². The lowest BCUT2D eigenvalue weighted by Crippen LogP contribution is -2.11. The molecular weight excluding hydrogens is 336 g/mol. The lowest BCUT2D eigenvalue weighted by molar-refractivity contribution is 0.102. The van der Waals surface area contributed by atoms with Gasteiger partial charge in [-0.25, -0.2) is 9.78 Å². The molecule has 0 aliphatic carbocycles. The van der Waals surface area contributed by atoms with Crippen molar-refractivity contribution in [3.8, 4) is 22.8 Å². The number of benzene rings is 2. The molecule has 0 atom stereocenters. The molecule has 4 rings (SSSR count). The van der Waals surface area contributed by atoms with Gasteiger partial charge in [-0.15, -0.1) is 0 Å². The largest absolute Gasteiger partial charge is 0.439 e. The number of rotatable bonds is 4. The summed E-state index contributed by atoms with van der Waals surface area (Å²) in [5.41, 5.74) is 2.64. The zero-order valence-corrected chi connectivity index (χ0v) is 13.3. The van der Waals surface area contributed by atoms with E-state index in [2.05, 4.69) is 35.2 Å². The molecule has 0 spiro atoms. The molecule has 3 N–H and O–H groups in total. The summed E-state index contributed by atoms with van der Waals surface area (Å²) in [6.07, 6.45) is 1.43. The third-order valence-electron chi connectivity index (χ3n) is 3.69. The average Bonchev–Trinajstić information content (AvgIpc) is 3.34. The van der Waals surface area contributed by atoms with E-state index >= 15 is 0 Å². The molecule has 2 heterocycles. The van der Waals surface area contributed by atoms with Crippen LogP contribution in [0.3, 0.4) is 0 Å². The van der Waals surface area contributed by atoms with E-state index in [1.807, 2.05) is 12.1 Å². The first kappa shape index (κ1) is 15.5. The predicted molar refractivity (Wildman–Crippen MR) is 92.3 cm³/mol. The zero-order chi connectivity index (χ0) is 17.9. The molecule has 9 nitrogen and oxygen atoms in total. The van der Waals surface area contributed by atoms with E-state index in [1.165, 1.54) is 6.33 Å². The number of nitrogens with one attached hydrogen (secondary N) is 3. The van der Waals surface area contributed by atoms with Gasteiger partial charge < -0.3 is 5.32 Å². The van der Waals surface area contributed by atoms with Crippen LogP contribution in [0.15, 0.2) is 64.2 Å². The SMILES string of the molecule is O=C(Nc1ccc(-c2ncn[nH]2)cc1)c1ccc(-c2noc(=O)[nH]2)cc1. The van der Waals surface area contributed by atoms with Crippen molar-refractivity contribution in [3.05, 3.63) is 71.0 Å². The van der Waals surface area contributed by atoms with Crippen LogP contribution in [0, 0.1) is 0 Å². The van der Waals surface area contributed by atoms with Crippen LogP contribution >= 0.6 is 0 Å². The Morgan fingerprint density at radius 1 is 0.962 bits per heavy atom. The van der Waals surface area contributed by atoms with Crippen LogP contribution in [-0.2, 0) is 0 Å². The molecule has 26 heavy (non-hydrogen) atoms. The smallest absolute Gasteiger partial charge is 0.322 e. The number of carbonyl (C=O) groups is 1. The first-order valence-electron chi connectivity index (χ1n) is 7.62. The molecule has 0 aliphatic heterocycles. The van der Waals surface area contributed by atoms with Gasteiger partial charge in [0.25, 0.3) is 5.91 Å². The van der Waals surface area contributed by atoms with E-state index < -0.39 is 5.76 Å². The second kappa shape index (κ2) is 6.48. The standard InChI is InChI=1S/C17H12N6O3/c24-16(12-3-1-11(2-4-12)15-21-17(25)26-23-15)20-13-7-5-10(6-8-13)14-18-9-19-22-14/h1-9H,(H,20,24)(H,18,19,22)(H,21,23,25). The Morgan fingerprint density at radius 2 is 1.65 bits per heavy atom. The highest BCUT2D eigenvalue weighted by atomic mass is 16.5. The molecule has 4 aromatic rings. The number of H-pyrrole nitrogens is 2. The third-order valence-corrected chi connectivity index (χ3v) is 3.69. The van der Waals surface area contributed by atoms with Crippen LogP contribution < -0.4 is 11.1 Å². The van der Waals surface area contributed by atoms with Crippen LogP contribution in [-0.4, -0.2) is 31.2 Å². The molecule has 0 unspecified atom stereocenters. The van der Waals surface area contributed by atoms with Crippen molar-refractivity contribution in [2.45, 2.75) is 0 Å². The first-order chi connectivity index (χ1) is 12.7.